The fourth-order valence-electron chi connectivity index (χ4n) is 3.52. The molecular weight excluding hydrogens is 366 g/mol. The molecule has 1 aliphatic rings. The molecule has 0 saturated carbocycles. The van der Waals surface area contributed by atoms with Crippen LogP contribution in [0.15, 0.2) is 60.8 Å². The van der Waals surface area contributed by atoms with E-state index < -0.39 is 0 Å². The molecule has 7 heteroatoms. The third-order valence-corrected chi connectivity index (χ3v) is 5.26. The van der Waals surface area contributed by atoms with Gasteiger partial charge in [-0.15, -0.1) is 5.10 Å². The predicted molar refractivity (Wildman–Crippen MR) is 112 cm³/mol. The van der Waals surface area contributed by atoms with E-state index in [4.69, 9.17) is 4.74 Å². The van der Waals surface area contributed by atoms with Crippen LogP contribution in [0.25, 0.3) is 0 Å². The van der Waals surface area contributed by atoms with Crippen molar-refractivity contribution < 1.29 is 9.53 Å². The largest absolute Gasteiger partial charge is 0.497 e. The molecule has 0 spiro atoms. The average Bonchev–Trinajstić information content (AvgIpc) is 3.27. The lowest BCUT2D eigenvalue weighted by molar-refractivity contribution is 0.103. The zero-order valence-corrected chi connectivity index (χ0v) is 16.6. The van der Waals surface area contributed by atoms with E-state index in [-0.39, 0.29) is 5.78 Å². The quantitative estimate of drug-likeness (QED) is 0.576. The smallest absolute Gasteiger partial charge is 0.214 e. The summed E-state index contributed by atoms with van der Waals surface area (Å²) in [5, 5.41) is 8.17. The molecule has 0 amide bonds. The number of piperazine rings is 1. The van der Waals surface area contributed by atoms with Gasteiger partial charge in [0.2, 0.25) is 5.78 Å². The van der Waals surface area contributed by atoms with Crippen LogP contribution in [0.3, 0.4) is 0 Å². The van der Waals surface area contributed by atoms with E-state index in [0.717, 1.165) is 45.0 Å². The van der Waals surface area contributed by atoms with Crippen LogP contribution in [0.5, 0.6) is 5.75 Å². The van der Waals surface area contributed by atoms with Crippen LogP contribution >= 0.6 is 0 Å². The predicted octanol–water partition coefficient (Wildman–Crippen LogP) is 2.34. The van der Waals surface area contributed by atoms with E-state index in [1.807, 2.05) is 30.3 Å². The summed E-state index contributed by atoms with van der Waals surface area (Å²) in [5.41, 5.74) is 2.25. The Bertz CT molecular complexity index is 931. The van der Waals surface area contributed by atoms with E-state index in [2.05, 4.69) is 32.2 Å². The minimum Gasteiger partial charge on any atom is -0.497 e. The number of carbonyl (C=O) groups excluding carboxylic acids is 1. The summed E-state index contributed by atoms with van der Waals surface area (Å²) in [4.78, 5) is 17.2. The second-order valence-electron chi connectivity index (χ2n) is 7.09. The molecule has 4 rings (SSSR count). The number of ketones is 1. The Morgan fingerprint density at radius 1 is 0.966 bits per heavy atom. The minimum absolute atomic E-state index is 0.0926. The molecule has 2 aromatic carbocycles. The lowest BCUT2D eigenvalue weighted by Gasteiger charge is -2.36. The highest BCUT2D eigenvalue weighted by Crippen LogP contribution is 2.20. The van der Waals surface area contributed by atoms with Crippen molar-refractivity contribution in [2.24, 2.45) is 0 Å². The van der Waals surface area contributed by atoms with Crippen molar-refractivity contribution in [1.82, 2.24) is 19.9 Å². The molecule has 0 bridgehead atoms. The maximum Gasteiger partial charge on any atom is 0.214 e. The SMILES string of the molecule is COc1ccc(N2CCN(CCn3cc(C(=O)c4ccccc4)nn3)CC2)cc1. The van der Waals surface area contributed by atoms with Gasteiger partial charge < -0.3 is 9.64 Å². The lowest BCUT2D eigenvalue weighted by atomic mass is 10.1. The number of rotatable bonds is 7. The van der Waals surface area contributed by atoms with Crippen molar-refractivity contribution in [2.75, 3.05) is 44.7 Å². The summed E-state index contributed by atoms with van der Waals surface area (Å²) in [6.45, 7) is 5.58. The van der Waals surface area contributed by atoms with Crippen LogP contribution < -0.4 is 9.64 Å². The van der Waals surface area contributed by atoms with Crippen LogP contribution in [-0.4, -0.2) is 65.5 Å². The standard InChI is InChI=1S/C22H25N5O2/c1-29-20-9-7-19(8-10-20)26-14-11-25(12-15-26)13-16-27-17-21(23-24-27)22(28)18-5-3-2-4-6-18/h2-10,17H,11-16H2,1H3. The molecule has 2 heterocycles. The number of hydrogen-bond acceptors (Lipinski definition) is 6. The van der Waals surface area contributed by atoms with Crippen molar-refractivity contribution in [2.45, 2.75) is 6.54 Å². The average molecular weight is 391 g/mol. The van der Waals surface area contributed by atoms with E-state index in [9.17, 15) is 4.79 Å². The Hall–Kier alpha value is -3.19. The molecule has 7 nitrogen and oxygen atoms in total. The molecule has 0 unspecified atom stereocenters. The van der Waals surface area contributed by atoms with Crippen molar-refractivity contribution in [3.63, 3.8) is 0 Å². The van der Waals surface area contributed by atoms with Gasteiger partial charge in [-0.25, -0.2) is 0 Å². The molecule has 29 heavy (non-hydrogen) atoms. The first-order chi connectivity index (χ1) is 14.2. The van der Waals surface area contributed by atoms with Crippen LogP contribution in [0.4, 0.5) is 5.69 Å². The minimum atomic E-state index is -0.0926. The molecular formula is C22H25N5O2. The second-order valence-corrected chi connectivity index (χ2v) is 7.09. The van der Waals surface area contributed by atoms with Crippen molar-refractivity contribution in [3.8, 4) is 5.75 Å². The number of benzene rings is 2. The highest BCUT2D eigenvalue weighted by Gasteiger charge is 2.18. The van der Waals surface area contributed by atoms with Gasteiger partial charge in [0, 0.05) is 44.0 Å². The Morgan fingerprint density at radius 3 is 2.38 bits per heavy atom. The van der Waals surface area contributed by atoms with Crippen molar-refractivity contribution in [1.29, 1.82) is 0 Å². The number of anilines is 1. The Balaban J connectivity index is 1.26. The van der Waals surface area contributed by atoms with Crippen LogP contribution in [0, 0.1) is 0 Å². The molecule has 3 aromatic rings. The Labute approximate surface area is 170 Å². The number of methoxy groups -OCH3 is 1. The van der Waals surface area contributed by atoms with Gasteiger partial charge in [0.15, 0.2) is 5.69 Å². The van der Waals surface area contributed by atoms with Gasteiger partial charge in [-0.1, -0.05) is 35.5 Å². The van der Waals surface area contributed by atoms with Gasteiger partial charge in [0.05, 0.1) is 19.9 Å². The lowest BCUT2D eigenvalue weighted by Crippen LogP contribution is -2.47. The zero-order valence-electron chi connectivity index (χ0n) is 16.6. The molecule has 0 N–H and O–H groups in total. The summed E-state index contributed by atoms with van der Waals surface area (Å²) in [5.74, 6) is 0.787. The molecule has 0 aliphatic carbocycles. The fourth-order valence-corrected chi connectivity index (χ4v) is 3.52. The molecule has 0 atom stereocenters. The molecule has 1 saturated heterocycles. The Morgan fingerprint density at radius 2 is 1.69 bits per heavy atom. The van der Waals surface area contributed by atoms with E-state index >= 15 is 0 Å². The number of hydrogen-bond donors (Lipinski definition) is 0. The summed E-state index contributed by atoms with van der Waals surface area (Å²) >= 11 is 0. The highest BCUT2D eigenvalue weighted by molar-refractivity contribution is 6.07. The first kappa shape index (κ1) is 19.1. The Kier molecular flexibility index (Phi) is 5.86. The molecule has 150 valence electrons. The fraction of sp³-hybridized carbons (Fsp3) is 0.318. The van der Waals surface area contributed by atoms with Gasteiger partial charge in [0.25, 0.3) is 0 Å². The normalized spacial score (nSPS) is 14.7. The summed E-state index contributed by atoms with van der Waals surface area (Å²) in [6.07, 6.45) is 1.74. The van der Waals surface area contributed by atoms with Gasteiger partial charge in [-0.05, 0) is 24.3 Å². The third-order valence-electron chi connectivity index (χ3n) is 5.26. The molecule has 0 radical (unpaired) electrons. The van der Waals surface area contributed by atoms with Crippen molar-refractivity contribution in [3.05, 3.63) is 72.1 Å². The maximum atomic E-state index is 12.4. The van der Waals surface area contributed by atoms with Gasteiger partial charge in [-0.2, -0.15) is 0 Å². The molecule has 1 aliphatic heterocycles. The number of nitrogens with zero attached hydrogens (tertiary/aromatic N) is 5. The third kappa shape index (κ3) is 4.63. The summed E-state index contributed by atoms with van der Waals surface area (Å²) < 4.78 is 6.98. The first-order valence-electron chi connectivity index (χ1n) is 9.84. The van der Waals surface area contributed by atoms with Crippen LogP contribution in [-0.2, 0) is 6.54 Å². The summed E-state index contributed by atoms with van der Waals surface area (Å²) in [7, 11) is 1.68. The number of ether oxygens (including phenoxy) is 1. The molecule has 1 aromatic heterocycles. The van der Waals surface area contributed by atoms with Gasteiger partial charge in [-0.3, -0.25) is 14.4 Å². The second kappa shape index (κ2) is 8.87. The first-order valence-corrected chi connectivity index (χ1v) is 9.84. The maximum absolute atomic E-state index is 12.4. The zero-order chi connectivity index (χ0) is 20.1. The number of aromatic nitrogens is 3. The van der Waals surface area contributed by atoms with E-state index in [1.54, 1.807) is 30.1 Å². The van der Waals surface area contributed by atoms with Crippen LogP contribution in [0.1, 0.15) is 16.1 Å². The number of carbonyl (C=O) groups is 1. The van der Waals surface area contributed by atoms with Crippen LogP contribution in [0.2, 0.25) is 0 Å². The monoisotopic (exact) mass is 391 g/mol. The summed E-state index contributed by atoms with van der Waals surface area (Å²) in [6, 6.07) is 17.4. The highest BCUT2D eigenvalue weighted by atomic mass is 16.5. The molecule has 1 fully saturated rings. The van der Waals surface area contributed by atoms with Gasteiger partial charge >= 0.3 is 0 Å². The topological polar surface area (TPSA) is 63.5 Å². The van der Waals surface area contributed by atoms with E-state index in [0.29, 0.717) is 11.3 Å². The van der Waals surface area contributed by atoms with Crippen molar-refractivity contribution >= 4 is 11.5 Å². The van der Waals surface area contributed by atoms with Gasteiger partial charge in [0.1, 0.15) is 5.75 Å². The van der Waals surface area contributed by atoms with E-state index in [1.165, 1.54) is 5.69 Å².